The normalized spacial score (nSPS) is 14.1. The van der Waals surface area contributed by atoms with Crippen molar-refractivity contribution in [2.45, 2.75) is 78.2 Å². The summed E-state index contributed by atoms with van der Waals surface area (Å²) in [6.07, 6.45) is 1.80. The molecule has 34 heavy (non-hydrogen) atoms. The number of nitrogens with zero attached hydrogens (tertiary/aromatic N) is 2. The molecule has 2 heterocycles. The maximum absolute atomic E-state index is 13.8. The molecular weight excluding hydrogens is 443 g/mol. The monoisotopic (exact) mass is 478 g/mol. The number of pyridine rings is 1. The molecule has 0 saturated carbocycles. The van der Waals surface area contributed by atoms with E-state index in [-0.39, 0.29) is 11.7 Å². The molecule has 0 fully saturated rings. The average Bonchev–Trinajstić information content (AvgIpc) is 3.08. The first-order valence-electron chi connectivity index (χ1n) is 12.2. The predicted octanol–water partition coefficient (Wildman–Crippen LogP) is 7.39. The number of halogens is 1. The predicted molar refractivity (Wildman–Crippen MR) is 138 cm³/mol. The van der Waals surface area contributed by atoms with E-state index in [2.05, 4.69) is 54.5 Å². The summed E-state index contributed by atoms with van der Waals surface area (Å²) in [5.74, 6) is 0.338. The highest BCUT2D eigenvalue weighted by molar-refractivity contribution is 6.78. The zero-order valence-corrected chi connectivity index (χ0v) is 22.3. The molecule has 0 bridgehead atoms. The number of benzene rings is 2. The zero-order chi connectivity index (χ0) is 24.8. The Morgan fingerprint density at radius 3 is 2.24 bits per heavy atom. The summed E-state index contributed by atoms with van der Waals surface area (Å²) < 4.78 is 20.6. The summed E-state index contributed by atoms with van der Waals surface area (Å²) in [6, 6.07) is 10.5. The number of hydrogen-bond donors (Lipinski definition) is 0. The first-order valence-corrected chi connectivity index (χ1v) is 14.3. The van der Waals surface area contributed by atoms with Crippen LogP contribution >= 0.6 is 0 Å². The molecule has 1 aliphatic rings. The van der Waals surface area contributed by atoms with Crippen LogP contribution in [0.5, 0.6) is 5.75 Å². The van der Waals surface area contributed by atoms with Crippen LogP contribution in [0, 0.1) is 12.7 Å². The van der Waals surface area contributed by atoms with Crippen LogP contribution < -0.4 is 4.43 Å². The first-order chi connectivity index (χ1) is 16.1. The SMILES string of the molecule is Cc1ccnc2c(O[Si](C(C)C)(C(C)C)C(C)C)c3c(cc12)CN(Cc1ccc(F)cc1)C3=O. The molecule has 0 aliphatic carbocycles. The molecule has 3 aromatic rings. The van der Waals surface area contributed by atoms with Crippen molar-refractivity contribution in [2.24, 2.45) is 0 Å². The number of rotatable bonds is 7. The highest BCUT2D eigenvalue weighted by atomic mass is 28.4. The molecule has 1 amide bonds. The number of carbonyl (C=O) groups excluding carboxylic acids is 1. The van der Waals surface area contributed by atoms with Crippen LogP contribution in [-0.4, -0.2) is 24.1 Å². The van der Waals surface area contributed by atoms with Crippen LogP contribution in [0.4, 0.5) is 4.39 Å². The minimum atomic E-state index is -2.33. The summed E-state index contributed by atoms with van der Waals surface area (Å²) in [7, 11) is -2.33. The zero-order valence-electron chi connectivity index (χ0n) is 21.3. The molecule has 0 atom stereocenters. The Bertz CT molecular complexity index is 1200. The lowest BCUT2D eigenvalue weighted by Gasteiger charge is -2.42. The molecule has 1 aliphatic heterocycles. The lowest BCUT2D eigenvalue weighted by Crippen LogP contribution is -2.51. The summed E-state index contributed by atoms with van der Waals surface area (Å²) in [6.45, 7) is 16.5. The first kappa shape index (κ1) is 24.4. The van der Waals surface area contributed by atoms with Gasteiger partial charge in [0, 0.05) is 24.7 Å². The Morgan fingerprint density at radius 2 is 1.65 bits per heavy atom. The molecule has 4 nitrogen and oxygen atoms in total. The number of amides is 1. The van der Waals surface area contributed by atoms with Crippen LogP contribution in [0.2, 0.25) is 16.6 Å². The number of fused-ring (bicyclic) bond motifs is 2. The Hall–Kier alpha value is -2.73. The van der Waals surface area contributed by atoms with Crippen molar-refractivity contribution in [1.29, 1.82) is 0 Å². The van der Waals surface area contributed by atoms with E-state index in [0.717, 1.165) is 27.6 Å². The van der Waals surface area contributed by atoms with Gasteiger partial charge in [-0.15, -0.1) is 0 Å². The third-order valence-corrected chi connectivity index (χ3v) is 13.4. The number of aromatic nitrogens is 1. The maximum Gasteiger partial charge on any atom is 0.258 e. The molecular formula is C28H35FN2O2Si. The topological polar surface area (TPSA) is 42.4 Å². The van der Waals surface area contributed by atoms with Gasteiger partial charge >= 0.3 is 0 Å². The van der Waals surface area contributed by atoms with E-state index >= 15 is 0 Å². The highest BCUT2D eigenvalue weighted by Gasteiger charge is 2.48. The molecule has 6 heteroatoms. The second kappa shape index (κ2) is 9.14. The van der Waals surface area contributed by atoms with Gasteiger partial charge in [-0.3, -0.25) is 9.78 Å². The molecule has 0 spiro atoms. The minimum Gasteiger partial charge on any atom is -0.541 e. The molecule has 0 unspecified atom stereocenters. The minimum absolute atomic E-state index is 0.0429. The van der Waals surface area contributed by atoms with E-state index in [9.17, 15) is 9.18 Å². The lowest BCUT2D eigenvalue weighted by atomic mass is 10.0. The van der Waals surface area contributed by atoms with Crippen molar-refractivity contribution in [3.63, 3.8) is 0 Å². The second-order valence-corrected chi connectivity index (χ2v) is 15.8. The Kier molecular flexibility index (Phi) is 6.56. The van der Waals surface area contributed by atoms with Crippen LogP contribution in [0.15, 0.2) is 42.6 Å². The van der Waals surface area contributed by atoms with Gasteiger partial charge in [-0.1, -0.05) is 53.7 Å². The molecule has 0 saturated heterocycles. The molecule has 0 radical (unpaired) electrons. The van der Waals surface area contributed by atoms with Gasteiger partial charge in [0.1, 0.15) is 17.1 Å². The Balaban J connectivity index is 1.87. The second-order valence-electron chi connectivity index (χ2n) is 10.5. The van der Waals surface area contributed by atoms with Gasteiger partial charge in [-0.05, 0) is 64.5 Å². The van der Waals surface area contributed by atoms with E-state index in [1.165, 1.54) is 12.1 Å². The van der Waals surface area contributed by atoms with Gasteiger partial charge < -0.3 is 9.33 Å². The fourth-order valence-corrected chi connectivity index (χ4v) is 11.1. The summed E-state index contributed by atoms with van der Waals surface area (Å²) >= 11 is 0. The van der Waals surface area contributed by atoms with Crippen LogP contribution in [-0.2, 0) is 13.1 Å². The van der Waals surface area contributed by atoms with E-state index in [0.29, 0.717) is 41.0 Å². The van der Waals surface area contributed by atoms with Gasteiger partial charge in [0.2, 0.25) is 0 Å². The quantitative estimate of drug-likeness (QED) is 0.332. The van der Waals surface area contributed by atoms with Crippen LogP contribution in [0.3, 0.4) is 0 Å². The summed E-state index contributed by atoms with van der Waals surface area (Å²) in [4.78, 5) is 20.3. The van der Waals surface area contributed by atoms with Gasteiger partial charge in [0.25, 0.3) is 14.2 Å². The van der Waals surface area contributed by atoms with Crippen molar-refractivity contribution >= 4 is 25.1 Å². The molecule has 0 N–H and O–H groups in total. The fourth-order valence-electron chi connectivity index (χ4n) is 5.81. The van der Waals surface area contributed by atoms with Crippen molar-refractivity contribution in [2.75, 3.05) is 0 Å². The molecule has 180 valence electrons. The van der Waals surface area contributed by atoms with Crippen LogP contribution in [0.1, 0.15) is 68.6 Å². The van der Waals surface area contributed by atoms with E-state index in [4.69, 9.17) is 9.41 Å². The fraction of sp³-hybridized carbons (Fsp3) is 0.429. The van der Waals surface area contributed by atoms with E-state index < -0.39 is 8.32 Å². The third kappa shape index (κ3) is 4.02. The molecule has 2 aromatic carbocycles. The van der Waals surface area contributed by atoms with Crippen molar-refractivity contribution in [3.05, 3.63) is 70.7 Å². The summed E-state index contributed by atoms with van der Waals surface area (Å²) in [5, 5.41) is 1.03. The third-order valence-electron chi connectivity index (χ3n) is 7.42. The van der Waals surface area contributed by atoms with E-state index in [1.54, 1.807) is 18.3 Å². The smallest absolute Gasteiger partial charge is 0.258 e. The average molecular weight is 479 g/mol. The largest absolute Gasteiger partial charge is 0.541 e. The highest BCUT2D eigenvalue weighted by Crippen LogP contribution is 2.47. The van der Waals surface area contributed by atoms with Crippen molar-refractivity contribution < 1.29 is 13.6 Å². The van der Waals surface area contributed by atoms with Gasteiger partial charge in [-0.2, -0.15) is 0 Å². The van der Waals surface area contributed by atoms with Crippen LogP contribution in [0.25, 0.3) is 10.9 Å². The van der Waals surface area contributed by atoms with E-state index in [1.807, 2.05) is 11.0 Å². The number of aryl methyl sites for hydroxylation is 1. The van der Waals surface area contributed by atoms with Crippen molar-refractivity contribution in [3.8, 4) is 5.75 Å². The van der Waals surface area contributed by atoms with Gasteiger partial charge in [-0.25, -0.2) is 4.39 Å². The number of hydrogen-bond acceptors (Lipinski definition) is 3. The van der Waals surface area contributed by atoms with Gasteiger partial charge in [0.15, 0.2) is 0 Å². The number of carbonyl (C=O) groups is 1. The molecule has 4 rings (SSSR count). The standard InChI is InChI=1S/C28H35FN2O2Si/c1-17(2)34(18(3)4,19(5)6)33-27-25-22(14-24-20(7)12-13-30-26(24)27)16-31(28(25)32)15-21-8-10-23(29)11-9-21/h8-14,17-19H,15-16H2,1-7H3. The lowest BCUT2D eigenvalue weighted by molar-refractivity contribution is 0.0765. The maximum atomic E-state index is 13.8. The summed E-state index contributed by atoms with van der Waals surface area (Å²) in [5.41, 5.74) is 5.53. The Morgan fingerprint density at radius 1 is 1.03 bits per heavy atom. The Labute approximate surface area is 203 Å². The van der Waals surface area contributed by atoms with Crippen molar-refractivity contribution in [1.82, 2.24) is 9.88 Å². The molecule has 1 aromatic heterocycles. The van der Waals surface area contributed by atoms with Gasteiger partial charge in [0.05, 0.1) is 5.56 Å².